The Morgan fingerprint density at radius 2 is 1.60 bits per heavy atom. The minimum absolute atomic E-state index is 0.109. The highest BCUT2D eigenvalue weighted by atomic mass is 16.2. The standard InChI is InChI=1S/C20H20N2O3/c1-3-21(17-7-5-4-6-14(17)2)20(25)15-8-10-16(11-9-15)22-18(23)12-13-19(22)24/h4-11H,3,12-13H2,1-2H3. The Morgan fingerprint density at radius 3 is 2.16 bits per heavy atom. The number of amides is 3. The van der Waals surface area contributed by atoms with Gasteiger partial charge in [0.25, 0.3) is 5.91 Å². The van der Waals surface area contributed by atoms with Crippen molar-refractivity contribution in [2.24, 2.45) is 0 Å². The van der Waals surface area contributed by atoms with Gasteiger partial charge in [-0.25, -0.2) is 0 Å². The third-order valence-corrected chi connectivity index (χ3v) is 4.39. The van der Waals surface area contributed by atoms with Gasteiger partial charge in [0.2, 0.25) is 11.8 Å². The first-order valence-corrected chi connectivity index (χ1v) is 8.36. The molecule has 0 unspecified atom stereocenters. The minimum Gasteiger partial charge on any atom is -0.308 e. The average Bonchev–Trinajstić information content (AvgIpc) is 2.96. The summed E-state index contributed by atoms with van der Waals surface area (Å²) in [4.78, 5) is 39.4. The average molecular weight is 336 g/mol. The van der Waals surface area contributed by atoms with Crippen LogP contribution in [0.2, 0.25) is 0 Å². The zero-order valence-corrected chi connectivity index (χ0v) is 14.4. The Bertz CT molecular complexity index is 811. The van der Waals surface area contributed by atoms with Crippen LogP contribution in [0.1, 0.15) is 35.7 Å². The van der Waals surface area contributed by atoms with Crippen LogP contribution < -0.4 is 9.80 Å². The Labute approximate surface area is 146 Å². The lowest BCUT2D eigenvalue weighted by Crippen LogP contribution is -2.31. The zero-order valence-electron chi connectivity index (χ0n) is 14.4. The molecule has 0 N–H and O–H groups in total. The lowest BCUT2D eigenvalue weighted by Gasteiger charge is -2.23. The number of carbonyl (C=O) groups is 3. The molecule has 0 aromatic heterocycles. The van der Waals surface area contributed by atoms with Gasteiger partial charge in [0.1, 0.15) is 0 Å². The van der Waals surface area contributed by atoms with Gasteiger partial charge in [-0.1, -0.05) is 18.2 Å². The molecule has 0 radical (unpaired) electrons. The van der Waals surface area contributed by atoms with E-state index in [0.29, 0.717) is 17.8 Å². The fourth-order valence-electron chi connectivity index (χ4n) is 3.06. The highest BCUT2D eigenvalue weighted by Crippen LogP contribution is 2.25. The van der Waals surface area contributed by atoms with Crippen LogP contribution >= 0.6 is 0 Å². The minimum atomic E-state index is -0.195. The van der Waals surface area contributed by atoms with Crippen LogP contribution in [0, 0.1) is 6.92 Å². The van der Waals surface area contributed by atoms with E-state index in [9.17, 15) is 14.4 Å². The topological polar surface area (TPSA) is 57.7 Å². The molecule has 5 heteroatoms. The van der Waals surface area contributed by atoms with Crippen molar-refractivity contribution in [2.45, 2.75) is 26.7 Å². The van der Waals surface area contributed by atoms with E-state index in [1.165, 1.54) is 4.90 Å². The third-order valence-electron chi connectivity index (χ3n) is 4.39. The number of nitrogens with zero attached hydrogens (tertiary/aromatic N) is 2. The fraction of sp³-hybridized carbons (Fsp3) is 0.250. The fourth-order valence-corrected chi connectivity index (χ4v) is 3.06. The number of para-hydroxylation sites is 1. The monoisotopic (exact) mass is 336 g/mol. The van der Waals surface area contributed by atoms with Crippen molar-refractivity contribution in [1.82, 2.24) is 0 Å². The van der Waals surface area contributed by atoms with Gasteiger partial charge >= 0.3 is 0 Å². The van der Waals surface area contributed by atoms with Crippen molar-refractivity contribution in [1.29, 1.82) is 0 Å². The molecule has 0 saturated carbocycles. The van der Waals surface area contributed by atoms with E-state index in [2.05, 4.69) is 0 Å². The Kier molecular flexibility index (Phi) is 4.65. The van der Waals surface area contributed by atoms with Crippen LogP contribution in [0.15, 0.2) is 48.5 Å². The smallest absolute Gasteiger partial charge is 0.258 e. The van der Waals surface area contributed by atoms with Crippen LogP contribution in [0.5, 0.6) is 0 Å². The van der Waals surface area contributed by atoms with Crippen LogP contribution in [0.4, 0.5) is 11.4 Å². The number of anilines is 2. The molecule has 5 nitrogen and oxygen atoms in total. The molecule has 1 saturated heterocycles. The molecule has 1 heterocycles. The maximum absolute atomic E-state index is 12.9. The summed E-state index contributed by atoms with van der Waals surface area (Å²) in [6, 6.07) is 14.4. The number of imide groups is 1. The van der Waals surface area contributed by atoms with E-state index in [0.717, 1.165) is 11.3 Å². The molecule has 0 spiro atoms. The summed E-state index contributed by atoms with van der Waals surface area (Å²) in [5, 5.41) is 0. The van der Waals surface area contributed by atoms with Gasteiger partial charge in [-0.15, -0.1) is 0 Å². The summed E-state index contributed by atoms with van der Waals surface area (Å²) in [5.41, 5.74) is 2.95. The Morgan fingerprint density at radius 1 is 1.00 bits per heavy atom. The van der Waals surface area contributed by atoms with E-state index in [1.54, 1.807) is 29.2 Å². The molecule has 1 aliphatic rings. The summed E-state index contributed by atoms with van der Waals surface area (Å²) in [6.45, 7) is 4.45. The summed E-state index contributed by atoms with van der Waals surface area (Å²) in [7, 11) is 0. The van der Waals surface area contributed by atoms with E-state index in [1.807, 2.05) is 38.1 Å². The lowest BCUT2D eigenvalue weighted by molar-refractivity contribution is -0.121. The SMILES string of the molecule is CCN(C(=O)c1ccc(N2C(=O)CCC2=O)cc1)c1ccccc1C. The summed E-state index contributed by atoms with van der Waals surface area (Å²) >= 11 is 0. The molecule has 3 amide bonds. The van der Waals surface area contributed by atoms with Crippen molar-refractivity contribution >= 4 is 29.1 Å². The van der Waals surface area contributed by atoms with Gasteiger partial charge in [-0.3, -0.25) is 19.3 Å². The Hall–Kier alpha value is -2.95. The van der Waals surface area contributed by atoms with Crippen molar-refractivity contribution in [2.75, 3.05) is 16.3 Å². The summed E-state index contributed by atoms with van der Waals surface area (Å²) in [6.07, 6.45) is 0.493. The largest absolute Gasteiger partial charge is 0.308 e. The second-order valence-corrected chi connectivity index (χ2v) is 6.01. The molecule has 3 rings (SSSR count). The molecular formula is C20H20N2O3. The normalized spacial score (nSPS) is 14.1. The number of rotatable bonds is 4. The molecule has 0 atom stereocenters. The number of benzene rings is 2. The molecule has 128 valence electrons. The van der Waals surface area contributed by atoms with Crippen LogP contribution in [-0.4, -0.2) is 24.3 Å². The van der Waals surface area contributed by atoms with Gasteiger partial charge in [0.05, 0.1) is 5.69 Å². The van der Waals surface area contributed by atoms with Crippen LogP contribution in [0.25, 0.3) is 0 Å². The van der Waals surface area contributed by atoms with Gasteiger partial charge in [0.15, 0.2) is 0 Å². The van der Waals surface area contributed by atoms with Gasteiger partial charge in [-0.05, 0) is 49.7 Å². The predicted molar refractivity (Wildman–Crippen MR) is 96.7 cm³/mol. The molecule has 0 bridgehead atoms. The highest BCUT2D eigenvalue weighted by molar-refractivity contribution is 6.20. The first-order valence-electron chi connectivity index (χ1n) is 8.36. The maximum atomic E-state index is 12.9. The van der Waals surface area contributed by atoms with Crippen molar-refractivity contribution in [3.05, 3.63) is 59.7 Å². The second-order valence-electron chi connectivity index (χ2n) is 6.01. The lowest BCUT2D eigenvalue weighted by atomic mass is 10.1. The van der Waals surface area contributed by atoms with Crippen LogP contribution in [-0.2, 0) is 9.59 Å². The van der Waals surface area contributed by atoms with E-state index < -0.39 is 0 Å². The number of hydrogen-bond donors (Lipinski definition) is 0. The molecular weight excluding hydrogens is 316 g/mol. The van der Waals surface area contributed by atoms with Gasteiger partial charge in [-0.2, -0.15) is 0 Å². The molecule has 1 aliphatic heterocycles. The molecule has 0 aliphatic carbocycles. The van der Waals surface area contributed by atoms with Crippen molar-refractivity contribution < 1.29 is 14.4 Å². The number of hydrogen-bond acceptors (Lipinski definition) is 3. The molecule has 25 heavy (non-hydrogen) atoms. The zero-order chi connectivity index (χ0) is 18.0. The molecule has 2 aromatic rings. The molecule has 1 fully saturated rings. The third kappa shape index (κ3) is 3.18. The summed E-state index contributed by atoms with van der Waals surface area (Å²) in [5.74, 6) is -0.499. The van der Waals surface area contributed by atoms with Gasteiger partial charge in [0, 0.05) is 30.6 Å². The number of aryl methyl sites for hydroxylation is 1. The van der Waals surface area contributed by atoms with Gasteiger partial charge < -0.3 is 4.90 Å². The quantitative estimate of drug-likeness (QED) is 0.805. The van der Waals surface area contributed by atoms with E-state index in [4.69, 9.17) is 0 Å². The predicted octanol–water partition coefficient (Wildman–Crippen LogP) is 3.32. The van der Waals surface area contributed by atoms with E-state index in [-0.39, 0.29) is 30.6 Å². The van der Waals surface area contributed by atoms with Crippen molar-refractivity contribution in [3.63, 3.8) is 0 Å². The van der Waals surface area contributed by atoms with E-state index >= 15 is 0 Å². The number of carbonyl (C=O) groups excluding carboxylic acids is 3. The maximum Gasteiger partial charge on any atom is 0.258 e. The Balaban J connectivity index is 1.86. The second kappa shape index (κ2) is 6.89. The highest BCUT2D eigenvalue weighted by Gasteiger charge is 2.30. The first kappa shape index (κ1) is 16.9. The summed E-state index contributed by atoms with van der Waals surface area (Å²) < 4.78 is 0. The molecule has 2 aromatic carbocycles. The van der Waals surface area contributed by atoms with Crippen LogP contribution in [0.3, 0.4) is 0 Å². The first-order chi connectivity index (χ1) is 12.0. The van der Waals surface area contributed by atoms with Crippen molar-refractivity contribution in [3.8, 4) is 0 Å².